The number of ether oxygens (including phenoxy) is 1. The Morgan fingerprint density at radius 1 is 1.14 bits per heavy atom. The highest BCUT2D eigenvalue weighted by molar-refractivity contribution is 5.74. The molecule has 0 spiro atoms. The first-order valence-corrected chi connectivity index (χ1v) is 7.11. The Kier molecular flexibility index (Phi) is 3.00. The highest BCUT2D eigenvalue weighted by Crippen LogP contribution is 2.33. The molecule has 0 aliphatic carbocycles. The maximum absolute atomic E-state index is 5.22. The van der Waals surface area contributed by atoms with Gasteiger partial charge in [0.2, 0.25) is 0 Å². The van der Waals surface area contributed by atoms with Gasteiger partial charge in [-0.05, 0) is 40.3 Å². The van der Waals surface area contributed by atoms with E-state index >= 15 is 0 Å². The van der Waals surface area contributed by atoms with Crippen LogP contribution >= 0.6 is 0 Å². The second-order valence-electron chi connectivity index (χ2n) is 5.20. The summed E-state index contributed by atoms with van der Waals surface area (Å²) in [5, 5.41) is 15.7. The minimum absolute atomic E-state index is 0.0943. The zero-order valence-electron chi connectivity index (χ0n) is 12.1. The summed E-state index contributed by atoms with van der Waals surface area (Å²) in [6.45, 7) is 0.670. The van der Waals surface area contributed by atoms with Crippen LogP contribution in [0.2, 0.25) is 0 Å². The molecule has 1 aromatic heterocycles. The molecule has 0 saturated heterocycles. The summed E-state index contributed by atoms with van der Waals surface area (Å²) >= 11 is 0. The number of para-hydroxylation sites is 1. The molecule has 6 heteroatoms. The van der Waals surface area contributed by atoms with Gasteiger partial charge in [-0.15, -0.1) is 5.10 Å². The number of hydrogen-bond donors (Lipinski definition) is 1. The summed E-state index contributed by atoms with van der Waals surface area (Å²) in [4.78, 5) is 0. The van der Waals surface area contributed by atoms with Gasteiger partial charge < -0.3 is 10.1 Å². The summed E-state index contributed by atoms with van der Waals surface area (Å²) in [5.74, 6) is 1.64. The molecule has 3 aromatic rings. The van der Waals surface area contributed by atoms with Gasteiger partial charge in [0.25, 0.3) is 0 Å². The number of aromatic nitrogens is 4. The van der Waals surface area contributed by atoms with Crippen molar-refractivity contribution in [2.75, 3.05) is 12.4 Å². The van der Waals surface area contributed by atoms with E-state index in [-0.39, 0.29) is 6.04 Å². The van der Waals surface area contributed by atoms with E-state index in [0.29, 0.717) is 6.54 Å². The average molecular weight is 293 g/mol. The fraction of sp³-hybridized carbons (Fsp3) is 0.188. The third kappa shape index (κ3) is 2.09. The summed E-state index contributed by atoms with van der Waals surface area (Å²) < 4.78 is 7.06. The lowest BCUT2D eigenvalue weighted by Crippen LogP contribution is -2.16. The lowest BCUT2D eigenvalue weighted by Gasteiger charge is -2.18. The first-order valence-electron chi connectivity index (χ1n) is 7.11. The molecule has 4 rings (SSSR count). The predicted octanol–water partition coefficient (Wildman–Crippen LogP) is 2.52. The molecule has 1 unspecified atom stereocenters. The minimum Gasteiger partial charge on any atom is -0.497 e. The van der Waals surface area contributed by atoms with Gasteiger partial charge in [-0.25, -0.2) is 4.68 Å². The second kappa shape index (κ2) is 5.14. The van der Waals surface area contributed by atoms with Crippen LogP contribution in [-0.2, 0) is 6.54 Å². The highest BCUT2D eigenvalue weighted by atomic mass is 16.5. The molecule has 0 saturated carbocycles. The maximum Gasteiger partial charge on any atom is 0.184 e. The van der Waals surface area contributed by atoms with Crippen LogP contribution in [0.1, 0.15) is 11.6 Å². The maximum atomic E-state index is 5.22. The molecule has 0 fully saturated rings. The van der Waals surface area contributed by atoms with Crippen LogP contribution in [0.25, 0.3) is 11.4 Å². The Morgan fingerprint density at radius 2 is 1.95 bits per heavy atom. The van der Waals surface area contributed by atoms with Crippen LogP contribution in [0.5, 0.6) is 5.75 Å². The quantitative estimate of drug-likeness (QED) is 0.786. The Labute approximate surface area is 127 Å². The first-order chi connectivity index (χ1) is 10.8. The number of fused-ring (bicyclic) bond motifs is 3. The average Bonchev–Trinajstić information content (AvgIpc) is 2.97. The fourth-order valence-electron chi connectivity index (χ4n) is 2.76. The number of hydrogen-bond acceptors (Lipinski definition) is 5. The number of rotatable bonds is 2. The van der Waals surface area contributed by atoms with Crippen molar-refractivity contribution in [3.8, 4) is 17.1 Å². The molecule has 1 N–H and O–H groups in total. The zero-order chi connectivity index (χ0) is 14.9. The van der Waals surface area contributed by atoms with Crippen molar-refractivity contribution < 1.29 is 4.74 Å². The Hall–Kier alpha value is -2.89. The molecule has 6 nitrogen and oxygen atoms in total. The summed E-state index contributed by atoms with van der Waals surface area (Å²) in [7, 11) is 1.67. The van der Waals surface area contributed by atoms with E-state index in [1.54, 1.807) is 7.11 Å². The topological polar surface area (TPSA) is 64.9 Å². The van der Waals surface area contributed by atoms with Crippen LogP contribution in [-0.4, -0.2) is 27.3 Å². The van der Waals surface area contributed by atoms with Gasteiger partial charge in [-0.2, -0.15) is 0 Å². The van der Waals surface area contributed by atoms with Crippen molar-refractivity contribution in [3.05, 3.63) is 54.1 Å². The molecule has 110 valence electrons. The van der Waals surface area contributed by atoms with Gasteiger partial charge in [0.05, 0.1) is 19.7 Å². The van der Waals surface area contributed by atoms with Gasteiger partial charge in [0, 0.05) is 11.3 Å². The van der Waals surface area contributed by atoms with Crippen molar-refractivity contribution in [3.63, 3.8) is 0 Å². The van der Waals surface area contributed by atoms with E-state index in [0.717, 1.165) is 22.8 Å². The van der Waals surface area contributed by atoms with E-state index < -0.39 is 0 Å². The van der Waals surface area contributed by atoms with Crippen LogP contribution in [0, 0.1) is 0 Å². The molecule has 1 aliphatic heterocycles. The molecule has 1 aliphatic rings. The third-order valence-electron chi connectivity index (χ3n) is 3.90. The van der Waals surface area contributed by atoms with Gasteiger partial charge in [-0.3, -0.25) is 0 Å². The Bertz CT molecular complexity index is 796. The van der Waals surface area contributed by atoms with E-state index in [9.17, 15) is 0 Å². The van der Waals surface area contributed by atoms with Gasteiger partial charge in [0.1, 0.15) is 5.75 Å². The normalized spacial score (nSPS) is 16.1. The number of nitrogens with one attached hydrogen (secondary N) is 1. The molecule has 1 atom stereocenters. The van der Waals surface area contributed by atoms with Crippen LogP contribution < -0.4 is 10.1 Å². The van der Waals surface area contributed by atoms with Gasteiger partial charge >= 0.3 is 0 Å². The Morgan fingerprint density at radius 3 is 2.77 bits per heavy atom. The van der Waals surface area contributed by atoms with Crippen molar-refractivity contribution in [2.24, 2.45) is 0 Å². The molecule has 22 heavy (non-hydrogen) atoms. The van der Waals surface area contributed by atoms with Crippen LogP contribution in [0.3, 0.4) is 0 Å². The van der Waals surface area contributed by atoms with Crippen molar-refractivity contribution in [2.45, 2.75) is 12.6 Å². The summed E-state index contributed by atoms with van der Waals surface area (Å²) in [6, 6.07) is 16.2. The van der Waals surface area contributed by atoms with Gasteiger partial charge in [0.15, 0.2) is 5.82 Å². The summed E-state index contributed by atoms with van der Waals surface area (Å²) in [5.41, 5.74) is 3.22. The molecular formula is C16H15N5O. The van der Waals surface area contributed by atoms with Crippen molar-refractivity contribution >= 4 is 5.69 Å². The molecule has 2 heterocycles. The third-order valence-corrected chi connectivity index (χ3v) is 3.90. The van der Waals surface area contributed by atoms with E-state index in [1.807, 2.05) is 35.0 Å². The standard InChI is InChI=1S/C16H15N5O/c1-22-12-8-6-11(7-9-12)15-10-21-16(18-19-20-21)13-4-2-3-5-14(13)17-15/h2-9,15,17H,10H2,1H3. The van der Waals surface area contributed by atoms with Crippen molar-refractivity contribution in [1.29, 1.82) is 0 Å². The predicted molar refractivity (Wildman–Crippen MR) is 82.6 cm³/mol. The monoisotopic (exact) mass is 293 g/mol. The number of tetrazole rings is 1. The highest BCUT2D eigenvalue weighted by Gasteiger charge is 2.23. The first kappa shape index (κ1) is 12.8. The Balaban J connectivity index is 1.77. The minimum atomic E-state index is 0.0943. The zero-order valence-corrected chi connectivity index (χ0v) is 12.1. The van der Waals surface area contributed by atoms with Crippen molar-refractivity contribution in [1.82, 2.24) is 20.2 Å². The number of anilines is 1. The molecule has 0 amide bonds. The van der Waals surface area contributed by atoms with Crippen LogP contribution in [0.4, 0.5) is 5.69 Å². The molecule has 0 radical (unpaired) electrons. The molecular weight excluding hydrogens is 278 g/mol. The van der Waals surface area contributed by atoms with E-state index in [2.05, 4.69) is 39.0 Å². The SMILES string of the molecule is COc1ccc(C2Cn3nnnc3-c3ccccc3N2)cc1. The molecule has 2 aromatic carbocycles. The van der Waals surface area contributed by atoms with Gasteiger partial charge in [-0.1, -0.05) is 24.3 Å². The van der Waals surface area contributed by atoms with E-state index in [4.69, 9.17) is 4.74 Å². The van der Waals surface area contributed by atoms with Crippen LogP contribution in [0.15, 0.2) is 48.5 Å². The summed E-state index contributed by atoms with van der Waals surface area (Å²) in [6.07, 6.45) is 0. The lowest BCUT2D eigenvalue weighted by molar-refractivity contribution is 0.414. The fourth-order valence-corrected chi connectivity index (χ4v) is 2.76. The largest absolute Gasteiger partial charge is 0.497 e. The number of nitrogens with zero attached hydrogens (tertiary/aromatic N) is 4. The second-order valence-corrected chi connectivity index (χ2v) is 5.20. The van der Waals surface area contributed by atoms with E-state index in [1.165, 1.54) is 5.56 Å². The number of benzene rings is 2. The number of methoxy groups -OCH3 is 1. The smallest absolute Gasteiger partial charge is 0.184 e. The molecule has 0 bridgehead atoms. The lowest BCUT2D eigenvalue weighted by atomic mass is 10.1.